The van der Waals surface area contributed by atoms with Gasteiger partial charge in [0.15, 0.2) is 11.9 Å². The molecule has 3 rings (SSSR count). The summed E-state index contributed by atoms with van der Waals surface area (Å²) in [6.45, 7) is 2.69. The molecule has 11 heteroatoms. The van der Waals surface area contributed by atoms with Gasteiger partial charge in [-0.3, -0.25) is 9.59 Å². The number of hydrogen-bond acceptors (Lipinski definition) is 11. The maximum Gasteiger partial charge on any atom is 0.347 e. The van der Waals surface area contributed by atoms with Crippen molar-refractivity contribution in [3.05, 3.63) is 58.7 Å². The lowest BCUT2D eigenvalue weighted by molar-refractivity contribution is -0.159. The van der Waals surface area contributed by atoms with Crippen molar-refractivity contribution in [2.75, 3.05) is 13.7 Å². The van der Waals surface area contributed by atoms with Gasteiger partial charge in [0, 0.05) is 24.0 Å². The Bertz CT molecular complexity index is 1260. The number of esters is 1. The third-order valence-corrected chi connectivity index (χ3v) is 6.46. The molecule has 1 aliphatic rings. The van der Waals surface area contributed by atoms with Crippen LogP contribution in [0.3, 0.4) is 0 Å². The summed E-state index contributed by atoms with van der Waals surface area (Å²) in [6.07, 6.45) is -2.62. The van der Waals surface area contributed by atoms with Crippen LogP contribution in [0.15, 0.2) is 42.0 Å². The van der Waals surface area contributed by atoms with E-state index in [4.69, 9.17) is 9.47 Å². The minimum Gasteiger partial charge on any atom is -0.508 e. The highest BCUT2D eigenvalue weighted by Crippen LogP contribution is 2.44. The molecule has 0 bridgehead atoms. The third-order valence-electron chi connectivity index (χ3n) is 6.46. The molecule has 11 nitrogen and oxygen atoms in total. The van der Waals surface area contributed by atoms with Crippen molar-refractivity contribution in [1.82, 2.24) is 0 Å². The minimum absolute atomic E-state index is 0.0396. The molecule has 4 unspecified atom stereocenters. The zero-order chi connectivity index (χ0) is 28.4. The van der Waals surface area contributed by atoms with Gasteiger partial charge >= 0.3 is 5.97 Å². The average Bonchev–Trinajstić information content (AvgIpc) is 3.11. The van der Waals surface area contributed by atoms with Gasteiger partial charge in [0.2, 0.25) is 11.4 Å². The van der Waals surface area contributed by atoms with Gasteiger partial charge < -0.3 is 40.1 Å². The molecule has 2 aromatic rings. The topological polar surface area (TPSA) is 191 Å². The van der Waals surface area contributed by atoms with Crippen molar-refractivity contribution in [2.45, 2.75) is 50.4 Å². The van der Waals surface area contributed by atoms with E-state index in [1.54, 1.807) is 6.08 Å². The smallest absolute Gasteiger partial charge is 0.347 e. The zero-order valence-corrected chi connectivity index (χ0v) is 21.0. The van der Waals surface area contributed by atoms with Crippen molar-refractivity contribution in [2.24, 2.45) is 0 Å². The normalized spacial score (nSPS) is 20.5. The standard InChI is InChI=1S/C27H30O11/c1-13(2)4-9-16-18(30)11-21(37-3)22(23(16)33)19(31)10-17(14-5-7-15(29)8-6-14)27(36)25(34)24(20(32)12-28)38-26(27)35/h4-8,11,17,20,24,28-30,32-33,36H,9-10,12H2,1-3H3. The highest BCUT2D eigenvalue weighted by Gasteiger charge is 2.62. The molecular formula is C27H30O11. The molecule has 0 radical (unpaired) electrons. The highest BCUT2D eigenvalue weighted by atomic mass is 16.6. The highest BCUT2D eigenvalue weighted by molar-refractivity contribution is 6.16. The molecule has 0 aliphatic carbocycles. The van der Waals surface area contributed by atoms with E-state index in [1.807, 2.05) is 13.8 Å². The van der Waals surface area contributed by atoms with E-state index >= 15 is 0 Å². The summed E-state index contributed by atoms with van der Waals surface area (Å²) in [5.41, 5.74) is -2.28. The first kappa shape index (κ1) is 28.6. The number of hydrogen-bond donors (Lipinski definition) is 6. The second-order valence-corrected chi connectivity index (χ2v) is 9.26. The molecule has 0 aromatic heterocycles. The van der Waals surface area contributed by atoms with Crippen molar-refractivity contribution in [1.29, 1.82) is 0 Å². The van der Waals surface area contributed by atoms with Crippen LogP contribution in [0.25, 0.3) is 0 Å². The van der Waals surface area contributed by atoms with Gasteiger partial charge in [-0.05, 0) is 38.0 Å². The summed E-state index contributed by atoms with van der Waals surface area (Å²) in [4.78, 5) is 39.6. The van der Waals surface area contributed by atoms with Gasteiger partial charge in [0.05, 0.1) is 13.7 Å². The molecular weight excluding hydrogens is 500 g/mol. The molecule has 2 aromatic carbocycles. The van der Waals surface area contributed by atoms with E-state index < -0.39 is 60.0 Å². The lowest BCUT2D eigenvalue weighted by Crippen LogP contribution is -2.50. The first-order valence-electron chi connectivity index (χ1n) is 11.7. The fourth-order valence-electron chi connectivity index (χ4n) is 4.35. The number of ketones is 2. The van der Waals surface area contributed by atoms with E-state index in [0.29, 0.717) is 0 Å². The summed E-state index contributed by atoms with van der Waals surface area (Å²) >= 11 is 0. The van der Waals surface area contributed by atoms with Gasteiger partial charge in [-0.25, -0.2) is 4.79 Å². The predicted octanol–water partition coefficient (Wildman–Crippen LogP) is 1.26. The number of methoxy groups -OCH3 is 1. The Morgan fingerprint density at radius 3 is 2.34 bits per heavy atom. The second-order valence-electron chi connectivity index (χ2n) is 9.26. The molecule has 0 amide bonds. The SMILES string of the molecule is COc1cc(O)c(CC=C(C)C)c(O)c1C(=O)CC(c1ccc(O)cc1)C1(O)C(=O)OC(C(O)CO)C1=O. The molecule has 6 N–H and O–H groups in total. The molecule has 204 valence electrons. The summed E-state index contributed by atoms with van der Waals surface area (Å²) < 4.78 is 10.1. The van der Waals surface area contributed by atoms with E-state index in [2.05, 4.69) is 0 Å². The van der Waals surface area contributed by atoms with Crippen LogP contribution in [-0.4, -0.2) is 79.7 Å². The van der Waals surface area contributed by atoms with Crippen molar-refractivity contribution >= 4 is 17.5 Å². The Balaban J connectivity index is 2.13. The van der Waals surface area contributed by atoms with Gasteiger partial charge in [-0.15, -0.1) is 0 Å². The third kappa shape index (κ3) is 5.21. The van der Waals surface area contributed by atoms with Crippen molar-refractivity contribution < 1.29 is 54.5 Å². The fourth-order valence-corrected chi connectivity index (χ4v) is 4.35. The first-order valence-corrected chi connectivity index (χ1v) is 11.7. The van der Waals surface area contributed by atoms with Gasteiger partial charge in [-0.2, -0.15) is 0 Å². The van der Waals surface area contributed by atoms with Crippen LogP contribution in [0.2, 0.25) is 0 Å². The zero-order valence-electron chi connectivity index (χ0n) is 21.0. The maximum absolute atomic E-state index is 13.6. The number of Topliss-reactive ketones (excluding diaryl/α,β-unsaturated/α-hetero) is 2. The Hall–Kier alpha value is -3.93. The molecule has 1 fully saturated rings. The van der Waals surface area contributed by atoms with Crippen LogP contribution in [0, 0.1) is 0 Å². The first-order chi connectivity index (χ1) is 17.9. The number of aliphatic hydroxyl groups excluding tert-OH is 2. The van der Waals surface area contributed by atoms with Crippen LogP contribution in [0.1, 0.15) is 47.7 Å². The number of cyclic esters (lactones) is 1. The molecule has 0 saturated carbocycles. The molecule has 1 saturated heterocycles. The molecule has 1 aliphatic heterocycles. The van der Waals surface area contributed by atoms with Crippen molar-refractivity contribution in [3.8, 4) is 23.0 Å². The Morgan fingerprint density at radius 2 is 1.79 bits per heavy atom. The van der Waals surface area contributed by atoms with Crippen LogP contribution < -0.4 is 4.74 Å². The second kappa shape index (κ2) is 11.2. The number of rotatable bonds is 10. The summed E-state index contributed by atoms with van der Waals surface area (Å²) in [6, 6.07) is 6.16. The van der Waals surface area contributed by atoms with Gasteiger partial charge in [0.1, 0.15) is 34.7 Å². The Kier molecular flexibility index (Phi) is 8.45. The largest absolute Gasteiger partial charge is 0.508 e. The van der Waals surface area contributed by atoms with Crippen LogP contribution in [-0.2, 0) is 20.7 Å². The quantitative estimate of drug-likeness (QED) is 0.112. The van der Waals surface area contributed by atoms with E-state index in [-0.39, 0.29) is 40.4 Å². The lowest BCUT2D eigenvalue weighted by Gasteiger charge is -2.28. The molecule has 1 heterocycles. The number of ether oxygens (including phenoxy) is 2. The molecule has 4 atom stereocenters. The number of aromatic hydroxyl groups is 3. The number of carbonyl (C=O) groups is 3. The number of aliphatic hydroxyl groups is 3. The lowest BCUT2D eigenvalue weighted by atomic mass is 9.75. The number of allylic oxidation sites excluding steroid dienone is 2. The summed E-state index contributed by atoms with van der Waals surface area (Å²) in [5.74, 6) is -6.38. The number of phenols is 3. The van der Waals surface area contributed by atoms with E-state index in [9.17, 15) is 45.0 Å². The van der Waals surface area contributed by atoms with E-state index in [1.165, 1.54) is 31.4 Å². The molecule has 38 heavy (non-hydrogen) atoms. The monoisotopic (exact) mass is 530 g/mol. The Morgan fingerprint density at radius 1 is 1.16 bits per heavy atom. The summed E-state index contributed by atoms with van der Waals surface area (Å²) in [7, 11) is 1.21. The maximum atomic E-state index is 13.6. The Labute approximate surface area is 218 Å². The number of carbonyl (C=O) groups excluding carboxylic acids is 3. The predicted molar refractivity (Wildman–Crippen MR) is 132 cm³/mol. The average molecular weight is 531 g/mol. The number of phenolic OH excluding ortho intramolecular Hbond substituents is 3. The van der Waals surface area contributed by atoms with E-state index in [0.717, 1.165) is 11.6 Å². The number of benzene rings is 2. The molecule has 0 spiro atoms. The summed E-state index contributed by atoms with van der Waals surface area (Å²) in [5, 5.41) is 61.6. The van der Waals surface area contributed by atoms with Gasteiger partial charge in [-0.1, -0.05) is 23.8 Å². The van der Waals surface area contributed by atoms with Crippen LogP contribution in [0.5, 0.6) is 23.0 Å². The van der Waals surface area contributed by atoms with Crippen LogP contribution in [0.4, 0.5) is 0 Å². The van der Waals surface area contributed by atoms with Gasteiger partial charge in [0.25, 0.3) is 0 Å². The fraction of sp³-hybridized carbons (Fsp3) is 0.370. The van der Waals surface area contributed by atoms with Crippen molar-refractivity contribution in [3.63, 3.8) is 0 Å². The minimum atomic E-state index is -2.95. The van der Waals surface area contributed by atoms with Crippen LogP contribution >= 0.6 is 0 Å².